The van der Waals surface area contributed by atoms with Gasteiger partial charge in [0.1, 0.15) is 0 Å². The Bertz CT molecular complexity index is 2210. The molecule has 2 aliphatic heterocycles. The van der Waals surface area contributed by atoms with Gasteiger partial charge in [-0.2, -0.15) is 4.39 Å². The number of unbranched alkanes of at least 4 members (excludes halogenated alkanes) is 1. The molecule has 2 bridgehead atoms. The molecule has 0 aromatic heterocycles. The minimum atomic E-state index is -2.04. The number of fused-ring (bicyclic) bond motifs is 2. The molecular weight excluding hydrogens is 915 g/mol. The predicted molar refractivity (Wildman–Crippen MR) is 229 cm³/mol. The van der Waals surface area contributed by atoms with Crippen molar-refractivity contribution < 1.29 is 51.7 Å². The summed E-state index contributed by atoms with van der Waals surface area (Å²) in [5.74, 6) is -4.80. The number of hydrogen-bond donors (Lipinski definition) is 0. The topological polar surface area (TPSA) is 141 Å². The van der Waals surface area contributed by atoms with E-state index in [0.29, 0.717) is 40.6 Å². The minimum Gasteiger partial charge on any atom is -0.488 e. The summed E-state index contributed by atoms with van der Waals surface area (Å²) in [6.07, 6.45) is 1.28. The Balaban J connectivity index is 1.33. The molecule has 2 atom stereocenters. The Kier molecular flexibility index (Phi) is 15.5. The molecule has 0 spiro atoms. The van der Waals surface area contributed by atoms with Crippen LogP contribution in [0.4, 0.5) is 22.8 Å². The van der Waals surface area contributed by atoms with Crippen LogP contribution in [0, 0.1) is 27.6 Å². The summed E-state index contributed by atoms with van der Waals surface area (Å²) >= 11 is 25.3. The molecular formula is C43H45Cl4F3N4O9. The van der Waals surface area contributed by atoms with Gasteiger partial charge < -0.3 is 28.8 Å². The van der Waals surface area contributed by atoms with Gasteiger partial charge in [-0.25, -0.2) is 18.4 Å². The molecule has 3 aliphatic rings. The first-order valence-corrected chi connectivity index (χ1v) is 21.8. The molecule has 1 saturated heterocycles. The number of benzene rings is 3. The van der Waals surface area contributed by atoms with Gasteiger partial charge in [0.05, 0.1) is 31.9 Å². The van der Waals surface area contributed by atoms with Crippen LogP contribution in [0.3, 0.4) is 0 Å². The van der Waals surface area contributed by atoms with Crippen molar-refractivity contribution in [1.82, 2.24) is 14.7 Å². The molecule has 13 nitrogen and oxygen atoms in total. The van der Waals surface area contributed by atoms with E-state index in [2.05, 4.69) is 4.84 Å². The number of halogens is 7. The highest BCUT2D eigenvalue weighted by atomic mass is 35.6. The molecule has 20 heteroatoms. The molecule has 3 aromatic rings. The van der Waals surface area contributed by atoms with Crippen LogP contribution in [0.25, 0.3) is 5.57 Å². The molecule has 3 aromatic carbocycles. The van der Waals surface area contributed by atoms with E-state index in [1.54, 1.807) is 17.0 Å². The third-order valence-corrected chi connectivity index (χ3v) is 12.8. The number of carbonyl (C=O) groups is 3. The quantitative estimate of drug-likeness (QED) is 0.0425. The number of carbonyl (C=O) groups excluding carboxylic acids is 3. The summed E-state index contributed by atoms with van der Waals surface area (Å²) in [4.78, 5) is 62.7. The average Bonchev–Trinajstić information content (AvgIpc) is 4.07. The van der Waals surface area contributed by atoms with Gasteiger partial charge in [-0.1, -0.05) is 88.9 Å². The second-order valence-corrected chi connectivity index (χ2v) is 18.6. The van der Waals surface area contributed by atoms with E-state index in [9.17, 15) is 32.9 Å². The third kappa shape index (κ3) is 11.7. The SMILES string of the molecule is CC(C)(OC(=O)N1C2CC(c3ccc(CCCOc4c(F)ccc(F)c4F)cc3)=C(C(=O)N(Cc3ccccc3Cl)C3CC3)C1CN(C(=O)OCCCCO[N+](=O)[O-])C2)C(Cl)(Cl)Cl. The fraction of sp³-hybridized carbons (Fsp3) is 0.465. The summed E-state index contributed by atoms with van der Waals surface area (Å²) in [5.41, 5.74) is 1.47. The van der Waals surface area contributed by atoms with Crippen molar-refractivity contribution in [2.45, 2.75) is 92.9 Å². The summed E-state index contributed by atoms with van der Waals surface area (Å²) < 4.78 is 56.5. The smallest absolute Gasteiger partial charge is 0.411 e. The maximum Gasteiger partial charge on any atom is 0.411 e. The van der Waals surface area contributed by atoms with Crippen molar-refractivity contribution in [3.05, 3.63) is 116 Å². The lowest BCUT2D eigenvalue weighted by molar-refractivity contribution is -0.757. The zero-order chi connectivity index (χ0) is 45.6. The van der Waals surface area contributed by atoms with Crippen LogP contribution in [0.1, 0.15) is 69.1 Å². The lowest BCUT2D eigenvalue weighted by Gasteiger charge is -2.51. The number of hydrogen-bond acceptors (Lipinski definition) is 9. The Hall–Kier alpha value is -4.64. The molecule has 1 aliphatic carbocycles. The lowest BCUT2D eigenvalue weighted by Crippen LogP contribution is -2.66. The molecule has 2 unspecified atom stereocenters. The van der Waals surface area contributed by atoms with Crippen LogP contribution in [0.2, 0.25) is 5.02 Å². The van der Waals surface area contributed by atoms with Crippen molar-refractivity contribution in [2.75, 3.05) is 32.9 Å². The molecule has 0 N–H and O–H groups in total. The Labute approximate surface area is 381 Å². The molecule has 63 heavy (non-hydrogen) atoms. The minimum absolute atomic E-state index is 0.0232. The van der Waals surface area contributed by atoms with E-state index < -0.39 is 62.0 Å². The monoisotopic (exact) mass is 958 g/mol. The van der Waals surface area contributed by atoms with E-state index in [1.807, 2.05) is 36.4 Å². The highest BCUT2D eigenvalue weighted by Gasteiger charge is 2.52. The van der Waals surface area contributed by atoms with E-state index in [0.717, 1.165) is 24.5 Å². The van der Waals surface area contributed by atoms with E-state index in [-0.39, 0.29) is 76.2 Å². The molecule has 3 amide bonds. The second-order valence-electron chi connectivity index (χ2n) is 15.9. The van der Waals surface area contributed by atoms with Gasteiger partial charge in [-0.05, 0) is 99.3 Å². The van der Waals surface area contributed by atoms with Crippen LogP contribution in [-0.4, -0.2) is 98.3 Å². The van der Waals surface area contributed by atoms with Crippen molar-refractivity contribution >= 4 is 70.1 Å². The predicted octanol–water partition coefficient (Wildman–Crippen LogP) is 9.88. The van der Waals surface area contributed by atoms with Crippen LogP contribution in [0.5, 0.6) is 5.75 Å². The molecule has 0 radical (unpaired) electrons. The fourth-order valence-electron chi connectivity index (χ4n) is 7.48. The Morgan fingerprint density at radius 1 is 0.889 bits per heavy atom. The average molecular weight is 961 g/mol. The Morgan fingerprint density at radius 3 is 2.24 bits per heavy atom. The summed E-state index contributed by atoms with van der Waals surface area (Å²) in [6, 6.07) is 14.0. The van der Waals surface area contributed by atoms with Crippen molar-refractivity contribution in [3.63, 3.8) is 0 Å². The highest BCUT2D eigenvalue weighted by Crippen LogP contribution is 2.45. The molecule has 2 heterocycles. The van der Waals surface area contributed by atoms with Gasteiger partial charge in [-0.15, -0.1) is 10.1 Å². The van der Waals surface area contributed by atoms with Gasteiger partial charge >= 0.3 is 12.2 Å². The molecule has 6 rings (SSSR count). The number of alkyl halides is 3. The van der Waals surface area contributed by atoms with Gasteiger partial charge in [0.2, 0.25) is 9.61 Å². The fourth-order valence-corrected chi connectivity index (χ4v) is 7.79. The molecule has 1 saturated carbocycles. The van der Waals surface area contributed by atoms with E-state index in [4.69, 9.17) is 60.6 Å². The second kappa shape index (κ2) is 20.5. The zero-order valence-corrected chi connectivity index (χ0v) is 37.3. The van der Waals surface area contributed by atoms with Crippen molar-refractivity contribution in [2.24, 2.45) is 0 Å². The number of piperazine rings is 1. The first kappa shape index (κ1) is 47.8. The number of nitrogens with zero attached hydrogens (tertiary/aromatic N) is 4. The molecule has 340 valence electrons. The van der Waals surface area contributed by atoms with Gasteiger partial charge in [-0.3, -0.25) is 9.69 Å². The number of ether oxygens (including phenoxy) is 3. The van der Waals surface area contributed by atoms with Crippen molar-refractivity contribution in [1.29, 1.82) is 0 Å². The summed E-state index contributed by atoms with van der Waals surface area (Å²) in [6.45, 7) is 2.52. The van der Waals surface area contributed by atoms with Crippen LogP contribution >= 0.6 is 46.4 Å². The van der Waals surface area contributed by atoms with Crippen molar-refractivity contribution in [3.8, 4) is 5.75 Å². The number of amides is 3. The summed E-state index contributed by atoms with van der Waals surface area (Å²) in [7, 11) is 0. The lowest BCUT2D eigenvalue weighted by atomic mass is 9.81. The zero-order valence-electron chi connectivity index (χ0n) is 34.3. The van der Waals surface area contributed by atoms with Crippen LogP contribution in [0.15, 0.2) is 66.2 Å². The highest BCUT2D eigenvalue weighted by molar-refractivity contribution is 6.68. The Morgan fingerprint density at radius 2 is 1.57 bits per heavy atom. The van der Waals surface area contributed by atoms with Gasteiger partial charge in [0, 0.05) is 36.3 Å². The van der Waals surface area contributed by atoms with Crippen LogP contribution < -0.4 is 4.74 Å². The number of rotatable bonds is 17. The first-order chi connectivity index (χ1) is 29.9. The van der Waals surface area contributed by atoms with Crippen LogP contribution in [-0.2, 0) is 32.1 Å². The normalized spacial score (nSPS) is 17.6. The van der Waals surface area contributed by atoms with Gasteiger partial charge in [0.15, 0.2) is 23.0 Å². The van der Waals surface area contributed by atoms with E-state index >= 15 is 4.79 Å². The maximum atomic E-state index is 15.3. The van der Waals surface area contributed by atoms with Gasteiger partial charge in [0.25, 0.3) is 11.0 Å². The number of aryl methyl sites for hydroxylation is 1. The maximum absolute atomic E-state index is 15.3. The third-order valence-electron chi connectivity index (χ3n) is 11.0. The molecule has 2 fully saturated rings. The summed E-state index contributed by atoms with van der Waals surface area (Å²) in [5, 5.41) is 10.1. The first-order valence-electron chi connectivity index (χ1n) is 20.3. The largest absolute Gasteiger partial charge is 0.488 e. The van der Waals surface area contributed by atoms with E-state index in [1.165, 1.54) is 23.6 Å². The standard InChI is InChI=1S/C43H45Cl4F3N4O9/c1-42(2,43(45,46)47)63-41(57)53-30-22-31(27-13-11-26(12-14-27)8-7-20-60-38-34(49)18-17-33(48)37(38)50)36(39(55)52(29-15-16-29)23-28-9-3-4-10-32(28)44)35(53)25-51(24-30)40(56)61-19-5-6-21-62-54(58)59/h3-4,9-14,17-18,29-30,35H,5-8,15-16,19-25H2,1-2H3.